The van der Waals surface area contributed by atoms with E-state index < -0.39 is 0 Å². The number of hydrogen-bond acceptors (Lipinski definition) is 3. The minimum absolute atomic E-state index is 0.139. The van der Waals surface area contributed by atoms with Gasteiger partial charge in [0.15, 0.2) is 5.82 Å². The van der Waals surface area contributed by atoms with Crippen molar-refractivity contribution in [2.75, 3.05) is 13.1 Å². The first-order valence-corrected chi connectivity index (χ1v) is 6.65. The third-order valence-electron chi connectivity index (χ3n) is 3.17. The summed E-state index contributed by atoms with van der Waals surface area (Å²) in [6, 6.07) is 7.80. The van der Waals surface area contributed by atoms with E-state index in [0.29, 0.717) is 18.3 Å². The summed E-state index contributed by atoms with van der Waals surface area (Å²) in [7, 11) is 0. The molecule has 0 amide bonds. The summed E-state index contributed by atoms with van der Waals surface area (Å²) in [5, 5.41) is 9.85. The normalized spacial score (nSPS) is 15.6. The van der Waals surface area contributed by atoms with Gasteiger partial charge in [0, 0.05) is 35.6 Å². The summed E-state index contributed by atoms with van der Waals surface area (Å²) < 4.78 is 2.73. The van der Waals surface area contributed by atoms with E-state index in [1.54, 1.807) is 4.57 Å². The van der Waals surface area contributed by atoms with Crippen LogP contribution < -0.4 is 11.0 Å². The van der Waals surface area contributed by atoms with Gasteiger partial charge in [-0.25, -0.2) is 9.89 Å². The highest BCUT2D eigenvalue weighted by atomic mass is 79.9. The molecule has 1 saturated heterocycles. The predicted octanol–water partition coefficient (Wildman–Crippen LogP) is 1.22. The molecule has 0 spiro atoms. The fraction of sp³-hybridized carbons (Fsp3) is 0.333. The third-order valence-corrected chi connectivity index (χ3v) is 3.70. The van der Waals surface area contributed by atoms with Crippen molar-refractivity contribution in [3.63, 3.8) is 0 Å². The lowest BCUT2D eigenvalue weighted by atomic mass is 10.0. The Morgan fingerprint density at radius 2 is 2.06 bits per heavy atom. The maximum absolute atomic E-state index is 11.8. The molecule has 2 aromatic rings. The van der Waals surface area contributed by atoms with Gasteiger partial charge in [0.2, 0.25) is 0 Å². The van der Waals surface area contributed by atoms with Crippen molar-refractivity contribution in [1.82, 2.24) is 20.1 Å². The fourth-order valence-electron chi connectivity index (χ4n) is 2.04. The van der Waals surface area contributed by atoms with Crippen molar-refractivity contribution >= 4 is 15.9 Å². The summed E-state index contributed by atoms with van der Waals surface area (Å²) in [5.41, 5.74) is 0.809. The molecule has 18 heavy (non-hydrogen) atoms. The Kier molecular flexibility index (Phi) is 3.05. The van der Waals surface area contributed by atoms with E-state index in [1.165, 1.54) is 0 Å². The van der Waals surface area contributed by atoms with Crippen LogP contribution in [0.4, 0.5) is 0 Å². The molecule has 1 aromatic heterocycles. The van der Waals surface area contributed by atoms with Crippen LogP contribution in [-0.2, 0) is 6.54 Å². The average molecular weight is 309 g/mol. The van der Waals surface area contributed by atoms with Crippen molar-refractivity contribution in [2.24, 2.45) is 5.92 Å². The maximum atomic E-state index is 11.8. The number of rotatable bonds is 3. The summed E-state index contributed by atoms with van der Waals surface area (Å²) in [5.74, 6) is 1.23. The molecule has 1 aromatic carbocycles. The first kappa shape index (κ1) is 11.7. The Balaban J connectivity index is 1.95. The molecule has 0 bridgehead atoms. The van der Waals surface area contributed by atoms with Crippen LogP contribution in [0.2, 0.25) is 0 Å². The number of nitrogens with zero attached hydrogens (tertiary/aromatic N) is 2. The molecule has 6 heteroatoms. The lowest BCUT2D eigenvalue weighted by Gasteiger charge is -2.27. The predicted molar refractivity (Wildman–Crippen MR) is 72.3 cm³/mol. The summed E-state index contributed by atoms with van der Waals surface area (Å²) in [6.07, 6.45) is 0. The molecular formula is C12H13BrN4O. The van der Waals surface area contributed by atoms with Crippen molar-refractivity contribution in [1.29, 1.82) is 0 Å². The Morgan fingerprint density at radius 3 is 2.67 bits per heavy atom. The molecule has 3 rings (SSSR count). The van der Waals surface area contributed by atoms with Crippen LogP contribution in [0.25, 0.3) is 11.4 Å². The van der Waals surface area contributed by atoms with Gasteiger partial charge >= 0.3 is 5.69 Å². The number of hydrogen-bond donors (Lipinski definition) is 2. The van der Waals surface area contributed by atoms with E-state index in [0.717, 1.165) is 23.1 Å². The van der Waals surface area contributed by atoms with Crippen LogP contribution >= 0.6 is 15.9 Å². The molecule has 0 aliphatic carbocycles. The van der Waals surface area contributed by atoms with Crippen LogP contribution in [-0.4, -0.2) is 27.9 Å². The molecule has 1 fully saturated rings. The van der Waals surface area contributed by atoms with Crippen LogP contribution in [0, 0.1) is 5.92 Å². The van der Waals surface area contributed by atoms with E-state index in [-0.39, 0.29) is 5.69 Å². The van der Waals surface area contributed by atoms with Crippen LogP contribution in [0.3, 0.4) is 0 Å². The van der Waals surface area contributed by atoms with Gasteiger partial charge in [0.25, 0.3) is 0 Å². The quantitative estimate of drug-likeness (QED) is 0.896. The van der Waals surface area contributed by atoms with Gasteiger partial charge < -0.3 is 5.32 Å². The van der Waals surface area contributed by atoms with Gasteiger partial charge in [-0.2, -0.15) is 5.10 Å². The van der Waals surface area contributed by atoms with E-state index in [4.69, 9.17) is 0 Å². The molecular weight excluding hydrogens is 296 g/mol. The van der Waals surface area contributed by atoms with Gasteiger partial charge in [-0.05, 0) is 12.1 Å². The molecule has 0 radical (unpaired) electrons. The highest BCUT2D eigenvalue weighted by molar-refractivity contribution is 9.10. The minimum Gasteiger partial charge on any atom is -0.316 e. The van der Waals surface area contributed by atoms with Crippen molar-refractivity contribution in [3.8, 4) is 11.4 Å². The molecule has 5 nitrogen and oxygen atoms in total. The second-order valence-electron chi connectivity index (χ2n) is 4.49. The molecule has 1 aliphatic rings. The smallest absolute Gasteiger partial charge is 0.316 e. The molecule has 2 heterocycles. The Bertz CT molecular complexity index is 597. The zero-order valence-corrected chi connectivity index (χ0v) is 11.3. The number of halogens is 1. The SMILES string of the molecule is O=c1[nH]nc(-c2ccc(Br)cc2)n1CC1CNC1. The Labute approximate surface area is 112 Å². The molecule has 94 valence electrons. The molecule has 0 atom stereocenters. The molecule has 0 unspecified atom stereocenters. The van der Waals surface area contributed by atoms with E-state index in [1.807, 2.05) is 24.3 Å². The molecule has 0 saturated carbocycles. The van der Waals surface area contributed by atoms with Crippen LogP contribution in [0.1, 0.15) is 0 Å². The van der Waals surface area contributed by atoms with Gasteiger partial charge in [-0.3, -0.25) is 4.57 Å². The molecule has 2 N–H and O–H groups in total. The Hall–Kier alpha value is -1.40. The van der Waals surface area contributed by atoms with Gasteiger partial charge in [0.05, 0.1) is 0 Å². The number of benzene rings is 1. The number of nitrogens with one attached hydrogen (secondary N) is 2. The lowest BCUT2D eigenvalue weighted by Crippen LogP contribution is -2.45. The average Bonchev–Trinajstić information content (AvgIpc) is 2.67. The zero-order valence-electron chi connectivity index (χ0n) is 9.69. The number of aromatic nitrogens is 3. The fourth-order valence-corrected chi connectivity index (χ4v) is 2.31. The summed E-state index contributed by atoms with van der Waals surface area (Å²) in [4.78, 5) is 11.8. The molecule has 1 aliphatic heterocycles. The van der Waals surface area contributed by atoms with E-state index in [9.17, 15) is 4.79 Å². The number of aromatic amines is 1. The number of H-pyrrole nitrogens is 1. The van der Waals surface area contributed by atoms with Gasteiger partial charge in [-0.15, -0.1) is 0 Å². The zero-order chi connectivity index (χ0) is 12.5. The first-order valence-electron chi connectivity index (χ1n) is 5.86. The third kappa shape index (κ3) is 2.13. The first-order chi connectivity index (χ1) is 8.74. The minimum atomic E-state index is -0.139. The van der Waals surface area contributed by atoms with Gasteiger partial charge in [-0.1, -0.05) is 28.1 Å². The van der Waals surface area contributed by atoms with Crippen molar-refractivity contribution in [3.05, 3.63) is 39.2 Å². The standard InChI is InChI=1S/C12H13BrN4O/c13-10-3-1-9(2-4-10)11-15-16-12(18)17(11)7-8-5-14-6-8/h1-4,8,14H,5-7H2,(H,16,18). The highest BCUT2D eigenvalue weighted by Crippen LogP contribution is 2.19. The van der Waals surface area contributed by atoms with Crippen molar-refractivity contribution < 1.29 is 0 Å². The summed E-state index contributed by atoms with van der Waals surface area (Å²) >= 11 is 3.40. The van der Waals surface area contributed by atoms with Crippen LogP contribution in [0.15, 0.2) is 33.5 Å². The Morgan fingerprint density at radius 1 is 1.33 bits per heavy atom. The maximum Gasteiger partial charge on any atom is 0.343 e. The largest absolute Gasteiger partial charge is 0.343 e. The summed E-state index contributed by atoms with van der Waals surface area (Å²) in [6.45, 7) is 2.66. The highest BCUT2D eigenvalue weighted by Gasteiger charge is 2.20. The van der Waals surface area contributed by atoms with E-state index >= 15 is 0 Å². The second kappa shape index (κ2) is 4.70. The second-order valence-corrected chi connectivity index (χ2v) is 5.41. The van der Waals surface area contributed by atoms with Crippen molar-refractivity contribution in [2.45, 2.75) is 6.54 Å². The van der Waals surface area contributed by atoms with E-state index in [2.05, 4.69) is 31.4 Å². The van der Waals surface area contributed by atoms with Gasteiger partial charge in [0.1, 0.15) is 0 Å². The lowest BCUT2D eigenvalue weighted by molar-refractivity contribution is 0.305. The monoisotopic (exact) mass is 308 g/mol. The van der Waals surface area contributed by atoms with Crippen LogP contribution in [0.5, 0.6) is 0 Å². The topological polar surface area (TPSA) is 62.7 Å².